The third-order valence-electron chi connectivity index (χ3n) is 3.38. The lowest BCUT2D eigenvalue weighted by Gasteiger charge is -2.12. The van der Waals surface area contributed by atoms with E-state index < -0.39 is 14.7 Å². The smallest absolute Gasteiger partial charge is 0.218 e. The summed E-state index contributed by atoms with van der Waals surface area (Å²) in [5.41, 5.74) is 0.386. The monoisotopic (exact) mass is 411 g/mol. The van der Waals surface area contributed by atoms with Gasteiger partial charge < -0.3 is 9.47 Å². The molecule has 0 atom stereocenters. The highest BCUT2D eigenvalue weighted by Gasteiger charge is 2.25. The van der Waals surface area contributed by atoms with Crippen LogP contribution in [-0.2, 0) is 9.84 Å². The molecule has 2 aromatic rings. The largest absolute Gasteiger partial charge is 0.492 e. The number of halogens is 2. The summed E-state index contributed by atoms with van der Waals surface area (Å²) in [4.78, 5) is -0.729. The number of hydrogen-bond acceptors (Lipinski definition) is 5. The third kappa shape index (κ3) is 4.13. The Balaban J connectivity index is 2.64. The molecule has 0 amide bonds. The normalized spacial score (nSPS) is 11.7. The fraction of sp³-hybridized carbons (Fsp3) is 0.167. The maximum absolute atomic E-state index is 12.8. The second-order valence-corrected chi connectivity index (χ2v) is 7.74. The molecule has 0 aliphatic carbocycles. The number of nitrogens with zero attached hydrogens (tertiary/aromatic N) is 1. The van der Waals surface area contributed by atoms with Crippen molar-refractivity contribution in [2.45, 2.75) is 11.8 Å². The van der Waals surface area contributed by atoms with Crippen molar-refractivity contribution < 1.29 is 17.9 Å². The Morgan fingerprint density at radius 2 is 2.00 bits per heavy atom. The minimum atomic E-state index is -4.17. The highest BCUT2D eigenvalue weighted by atomic mass is 35.5. The zero-order valence-corrected chi connectivity index (χ0v) is 16.3. The van der Waals surface area contributed by atoms with Gasteiger partial charge in [-0.25, -0.2) is 8.42 Å². The van der Waals surface area contributed by atoms with E-state index in [1.807, 2.05) is 6.92 Å². The van der Waals surface area contributed by atoms with E-state index in [-0.39, 0.29) is 14.9 Å². The highest BCUT2D eigenvalue weighted by Crippen LogP contribution is 2.35. The molecular formula is C18H15Cl2NO4S. The van der Waals surface area contributed by atoms with Crippen LogP contribution in [0.15, 0.2) is 46.2 Å². The summed E-state index contributed by atoms with van der Waals surface area (Å²) in [7, 11) is -2.73. The van der Waals surface area contributed by atoms with E-state index in [1.165, 1.54) is 31.4 Å². The first-order valence-corrected chi connectivity index (χ1v) is 9.70. The molecule has 0 fully saturated rings. The summed E-state index contributed by atoms with van der Waals surface area (Å²) in [6, 6.07) is 10.7. The molecule has 8 heteroatoms. The van der Waals surface area contributed by atoms with Gasteiger partial charge in [0.15, 0.2) is 11.5 Å². The molecule has 5 nitrogen and oxygen atoms in total. The van der Waals surface area contributed by atoms with Gasteiger partial charge in [-0.2, -0.15) is 5.26 Å². The molecule has 0 saturated heterocycles. The summed E-state index contributed by atoms with van der Waals surface area (Å²) in [5, 5.41) is 9.61. The number of para-hydroxylation sites is 1. The van der Waals surface area contributed by atoms with Gasteiger partial charge in [-0.1, -0.05) is 35.3 Å². The number of rotatable bonds is 6. The van der Waals surface area contributed by atoms with Gasteiger partial charge in [0.25, 0.3) is 0 Å². The molecule has 0 bridgehead atoms. The van der Waals surface area contributed by atoms with Crippen LogP contribution < -0.4 is 9.47 Å². The van der Waals surface area contributed by atoms with Gasteiger partial charge in [0, 0.05) is 10.6 Å². The summed E-state index contributed by atoms with van der Waals surface area (Å²) in [6.45, 7) is 2.22. The van der Waals surface area contributed by atoms with Crippen molar-refractivity contribution in [2.75, 3.05) is 13.7 Å². The molecular weight excluding hydrogens is 397 g/mol. The van der Waals surface area contributed by atoms with Crippen molar-refractivity contribution >= 4 is 39.1 Å². The molecule has 0 aliphatic heterocycles. The van der Waals surface area contributed by atoms with Crippen molar-refractivity contribution in [1.29, 1.82) is 5.26 Å². The minimum absolute atomic E-state index is 0.0226. The van der Waals surface area contributed by atoms with Crippen molar-refractivity contribution in [3.8, 4) is 17.6 Å². The maximum atomic E-state index is 12.8. The van der Waals surface area contributed by atoms with Gasteiger partial charge in [0.05, 0.1) is 23.6 Å². The Labute approximate surface area is 162 Å². The standard InChI is InChI=1S/C18H15Cl2NO4S/c1-3-25-16-6-4-5-12(18(16)24-2)9-14(11-21)26(22,23)17-10-13(19)7-8-15(17)20/h4-10H,3H2,1-2H3. The lowest BCUT2D eigenvalue weighted by molar-refractivity contribution is 0.310. The second-order valence-electron chi connectivity index (χ2n) is 5.01. The molecule has 26 heavy (non-hydrogen) atoms. The predicted octanol–water partition coefficient (Wildman–Crippen LogP) is 4.74. The first kappa shape index (κ1) is 20.1. The van der Waals surface area contributed by atoms with E-state index in [4.69, 9.17) is 32.7 Å². The van der Waals surface area contributed by atoms with E-state index in [0.29, 0.717) is 23.7 Å². The van der Waals surface area contributed by atoms with Crippen molar-refractivity contribution in [1.82, 2.24) is 0 Å². The van der Waals surface area contributed by atoms with Gasteiger partial charge in [-0.3, -0.25) is 0 Å². The van der Waals surface area contributed by atoms with Crippen LogP contribution in [0.5, 0.6) is 11.5 Å². The first-order valence-electron chi connectivity index (χ1n) is 7.46. The van der Waals surface area contributed by atoms with E-state index in [0.717, 1.165) is 0 Å². The Morgan fingerprint density at radius 1 is 1.27 bits per heavy atom. The van der Waals surface area contributed by atoms with Crippen LogP contribution in [0.2, 0.25) is 10.0 Å². The minimum Gasteiger partial charge on any atom is -0.492 e. The number of allylic oxidation sites excluding steroid dienone is 1. The van der Waals surface area contributed by atoms with E-state index in [9.17, 15) is 13.7 Å². The molecule has 0 aliphatic rings. The van der Waals surface area contributed by atoms with E-state index in [2.05, 4.69) is 0 Å². The molecule has 0 aromatic heterocycles. The lowest BCUT2D eigenvalue weighted by atomic mass is 10.1. The van der Waals surface area contributed by atoms with Crippen molar-refractivity contribution in [3.63, 3.8) is 0 Å². The Hall–Kier alpha value is -2.20. The quantitative estimate of drug-likeness (QED) is 0.641. The van der Waals surface area contributed by atoms with Crippen LogP contribution in [-0.4, -0.2) is 22.1 Å². The lowest BCUT2D eigenvalue weighted by Crippen LogP contribution is -2.05. The number of benzene rings is 2. The molecule has 0 spiro atoms. The molecule has 0 unspecified atom stereocenters. The highest BCUT2D eigenvalue weighted by molar-refractivity contribution is 7.95. The van der Waals surface area contributed by atoms with Gasteiger partial charge in [0.1, 0.15) is 11.0 Å². The average Bonchev–Trinajstić information content (AvgIpc) is 2.61. The Kier molecular flexibility index (Phi) is 6.54. The molecule has 136 valence electrons. The van der Waals surface area contributed by atoms with Crippen LogP contribution in [0, 0.1) is 11.3 Å². The number of nitriles is 1. The SMILES string of the molecule is CCOc1cccc(C=C(C#N)S(=O)(=O)c2cc(Cl)ccc2Cl)c1OC. The number of hydrogen-bond donors (Lipinski definition) is 0. The molecule has 2 aromatic carbocycles. The van der Waals surface area contributed by atoms with Crippen LogP contribution in [0.3, 0.4) is 0 Å². The van der Waals surface area contributed by atoms with Crippen LogP contribution >= 0.6 is 23.2 Å². The Bertz CT molecular complexity index is 995. The topological polar surface area (TPSA) is 76.4 Å². The fourth-order valence-corrected chi connectivity index (χ4v) is 4.15. The first-order chi connectivity index (χ1) is 12.3. The fourth-order valence-electron chi connectivity index (χ4n) is 2.25. The van der Waals surface area contributed by atoms with E-state index in [1.54, 1.807) is 24.3 Å². The molecule has 0 heterocycles. The summed E-state index contributed by atoms with van der Waals surface area (Å²) in [6.07, 6.45) is 1.22. The summed E-state index contributed by atoms with van der Waals surface area (Å²) < 4.78 is 36.5. The maximum Gasteiger partial charge on any atom is 0.218 e. The molecule has 2 rings (SSSR count). The third-order valence-corrected chi connectivity index (χ3v) is 5.76. The summed E-state index contributed by atoms with van der Waals surface area (Å²) >= 11 is 11.9. The van der Waals surface area contributed by atoms with Crippen molar-refractivity contribution in [3.05, 3.63) is 56.9 Å². The second kappa shape index (κ2) is 8.45. The number of ether oxygens (including phenoxy) is 2. The predicted molar refractivity (Wildman–Crippen MR) is 101 cm³/mol. The summed E-state index contributed by atoms with van der Waals surface area (Å²) in [5.74, 6) is 0.772. The van der Waals surface area contributed by atoms with Crippen LogP contribution in [0.1, 0.15) is 12.5 Å². The molecule has 0 N–H and O–H groups in total. The average molecular weight is 412 g/mol. The van der Waals surface area contributed by atoms with Crippen LogP contribution in [0.4, 0.5) is 0 Å². The van der Waals surface area contributed by atoms with Crippen LogP contribution in [0.25, 0.3) is 6.08 Å². The van der Waals surface area contributed by atoms with E-state index >= 15 is 0 Å². The Morgan fingerprint density at radius 3 is 2.62 bits per heavy atom. The van der Waals surface area contributed by atoms with Gasteiger partial charge in [0.2, 0.25) is 9.84 Å². The van der Waals surface area contributed by atoms with Gasteiger partial charge in [-0.15, -0.1) is 0 Å². The molecule has 0 radical (unpaired) electrons. The molecule has 0 saturated carbocycles. The van der Waals surface area contributed by atoms with Crippen molar-refractivity contribution in [2.24, 2.45) is 0 Å². The number of methoxy groups -OCH3 is 1. The van der Waals surface area contributed by atoms with Gasteiger partial charge >= 0.3 is 0 Å². The zero-order valence-electron chi connectivity index (χ0n) is 14.0. The number of sulfone groups is 1. The van der Waals surface area contributed by atoms with Gasteiger partial charge in [-0.05, 0) is 37.3 Å². The zero-order chi connectivity index (χ0) is 19.3.